The zero-order valence-electron chi connectivity index (χ0n) is 7.39. The van der Waals surface area contributed by atoms with Gasteiger partial charge in [-0.3, -0.25) is 4.98 Å². The lowest BCUT2D eigenvalue weighted by Gasteiger charge is -2.05. The van der Waals surface area contributed by atoms with E-state index in [0.29, 0.717) is 5.52 Å². The molecule has 6 heteroatoms. The number of rotatable bonds is 1. The number of oxazole rings is 1. The molecule has 0 fully saturated rings. The van der Waals surface area contributed by atoms with Gasteiger partial charge in [-0.2, -0.15) is 13.2 Å². The van der Waals surface area contributed by atoms with Crippen LogP contribution in [0.2, 0.25) is 0 Å². The Balaban J connectivity index is 2.42. The SMILES string of the molecule is O=c1[nH]c2ccc(CC(F)(F)F)cc2o1. The number of halogens is 3. The highest BCUT2D eigenvalue weighted by Crippen LogP contribution is 2.23. The molecule has 80 valence electrons. The molecular weight excluding hydrogens is 211 g/mol. The lowest BCUT2D eigenvalue weighted by molar-refractivity contribution is -0.127. The average Bonchev–Trinajstić information content (AvgIpc) is 2.40. The minimum Gasteiger partial charge on any atom is -0.408 e. The summed E-state index contributed by atoms with van der Waals surface area (Å²) in [6, 6.07) is 3.91. The van der Waals surface area contributed by atoms with Gasteiger partial charge in [-0.05, 0) is 17.7 Å². The second kappa shape index (κ2) is 3.15. The molecule has 1 aromatic carbocycles. The standard InChI is InChI=1S/C9H6F3NO2/c10-9(11,12)4-5-1-2-6-7(3-5)15-8(14)13-6/h1-3H,4H2,(H,13,14). The van der Waals surface area contributed by atoms with Crippen molar-refractivity contribution in [3.63, 3.8) is 0 Å². The van der Waals surface area contributed by atoms with Gasteiger partial charge in [0.25, 0.3) is 0 Å². The number of H-pyrrole nitrogens is 1. The summed E-state index contributed by atoms with van der Waals surface area (Å²) in [6.45, 7) is 0. The van der Waals surface area contributed by atoms with Crippen molar-refractivity contribution in [3.8, 4) is 0 Å². The molecule has 15 heavy (non-hydrogen) atoms. The molecule has 0 atom stereocenters. The smallest absolute Gasteiger partial charge is 0.408 e. The third kappa shape index (κ3) is 2.20. The van der Waals surface area contributed by atoms with Gasteiger partial charge in [-0.1, -0.05) is 6.07 Å². The molecule has 1 N–H and O–H groups in total. The van der Waals surface area contributed by atoms with Crippen LogP contribution in [0.5, 0.6) is 0 Å². The molecule has 3 nitrogen and oxygen atoms in total. The second-order valence-electron chi connectivity index (χ2n) is 3.14. The predicted octanol–water partition coefficient (Wildman–Crippen LogP) is 2.23. The first-order valence-corrected chi connectivity index (χ1v) is 4.12. The van der Waals surface area contributed by atoms with Crippen LogP contribution in [0.3, 0.4) is 0 Å². The number of hydrogen-bond donors (Lipinski definition) is 1. The molecule has 1 aromatic heterocycles. The largest absolute Gasteiger partial charge is 0.417 e. The summed E-state index contributed by atoms with van der Waals surface area (Å²) in [4.78, 5) is 13.1. The molecule has 0 unspecified atom stereocenters. The summed E-state index contributed by atoms with van der Waals surface area (Å²) >= 11 is 0. The quantitative estimate of drug-likeness (QED) is 0.796. The Morgan fingerprint density at radius 2 is 2.07 bits per heavy atom. The molecule has 0 bridgehead atoms. The van der Waals surface area contributed by atoms with Crippen molar-refractivity contribution in [2.45, 2.75) is 12.6 Å². The Bertz CT molecular complexity index is 538. The van der Waals surface area contributed by atoms with Crippen LogP contribution in [0.15, 0.2) is 27.4 Å². The molecule has 0 saturated heterocycles. The van der Waals surface area contributed by atoms with Gasteiger partial charge in [0.1, 0.15) is 0 Å². The van der Waals surface area contributed by atoms with Crippen LogP contribution in [0.25, 0.3) is 11.1 Å². The fourth-order valence-electron chi connectivity index (χ4n) is 1.33. The van der Waals surface area contributed by atoms with Gasteiger partial charge in [0.15, 0.2) is 5.58 Å². The van der Waals surface area contributed by atoms with Gasteiger partial charge in [0, 0.05) is 0 Å². The van der Waals surface area contributed by atoms with E-state index in [9.17, 15) is 18.0 Å². The van der Waals surface area contributed by atoms with Crippen molar-refractivity contribution in [2.75, 3.05) is 0 Å². The van der Waals surface area contributed by atoms with E-state index < -0.39 is 18.4 Å². The molecule has 2 rings (SSSR count). The molecule has 0 radical (unpaired) electrons. The van der Waals surface area contributed by atoms with Crippen molar-refractivity contribution in [3.05, 3.63) is 34.3 Å². The summed E-state index contributed by atoms with van der Waals surface area (Å²) in [5.74, 6) is -0.672. The lowest BCUT2D eigenvalue weighted by Crippen LogP contribution is -2.11. The van der Waals surface area contributed by atoms with Crippen LogP contribution in [-0.4, -0.2) is 11.2 Å². The number of aromatic nitrogens is 1. The Labute approximate surface area is 81.5 Å². The third-order valence-electron chi connectivity index (χ3n) is 1.89. The number of nitrogens with one attached hydrogen (secondary N) is 1. The topological polar surface area (TPSA) is 46.0 Å². The minimum atomic E-state index is -4.26. The molecule has 0 aliphatic rings. The first-order valence-electron chi connectivity index (χ1n) is 4.12. The van der Waals surface area contributed by atoms with E-state index in [-0.39, 0.29) is 11.1 Å². The Morgan fingerprint density at radius 1 is 1.33 bits per heavy atom. The fraction of sp³-hybridized carbons (Fsp3) is 0.222. The van der Waals surface area contributed by atoms with E-state index in [1.54, 1.807) is 0 Å². The first kappa shape index (κ1) is 9.82. The Morgan fingerprint density at radius 3 is 2.73 bits per heavy atom. The monoisotopic (exact) mass is 217 g/mol. The second-order valence-corrected chi connectivity index (χ2v) is 3.14. The van der Waals surface area contributed by atoms with E-state index in [4.69, 9.17) is 0 Å². The fourth-order valence-corrected chi connectivity index (χ4v) is 1.33. The van der Waals surface area contributed by atoms with Crippen LogP contribution < -0.4 is 5.76 Å². The van der Waals surface area contributed by atoms with Crippen molar-refractivity contribution in [1.82, 2.24) is 4.98 Å². The van der Waals surface area contributed by atoms with E-state index in [1.165, 1.54) is 18.2 Å². The molecule has 0 aliphatic heterocycles. The number of fused-ring (bicyclic) bond motifs is 1. The maximum atomic E-state index is 12.0. The third-order valence-corrected chi connectivity index (χ3v) is 1.89. The van der Waals surface area contributed by atoms with Crippen LogP contribution in [-0.2, 0) is 6.42 Å². The van der Waals surface area contributed by atoms with Gasteiger partial charge in [-0.25, -0.2) is 4.79 Å². The van der Waals surface area contributed by atoms with Crippen molar-refractivity contribution in [2.24, 2.45) is 0 Å². The van der Waals surface area contributed by atoms with Crippen LogP contribution in [0, 0.1) is 0 Å². The van der Waals surface area contributed by atoms with E-state index in [2.05, 4.69) is 9.40 Å². The summed E-state index contributed by atoms with van der Waals surface area (Å²) in [7, 11) is 0. The van der Waals surface area contributed by atoms with E-state index >= 15 is 0 Å². The van der Waals surface area contributed by atoms with Crippen LogP contribution in [0.4, 0.5) is 13.2 Å². The minimum absolute atomic E-state index is 0.0674. The molecule has 0 saturated carbocycles. The summed E-state index contributed by atoms with van der Waals surface area (Å²) in [5.41, 5.74) is 0.602. The molecule has 1 heterocycles. The highest BCUT2D eigenvalue weighted by atomic mass is 19.4. The average molecular weight is 217 g/mol. The first-order chi connectivity index (χ1) is 6.94. The molecular formula is C9H6F3NO2. The van der Waals surface area contributed by atoms with E-state index in [1.807, 2.05) is 0 Å². The molecule has 0 aliphatic carbocycles. The summed E-state index contributed by atoms with van der Waals surface area (Å²) in [5, 5.41) is 0. The zero-order valence-corrected chi connectivity index (χ0v) is 7.39. The van der Waals surface area contributed by atoms with Gasteiger partial charge in [-0.15, -0.1) is 0 Å². The van der Waals surface area contributed by atoms with Gasteiger partial charge in [0.05, 0.1) is 11.9 Å². The summed E-state index contributed by atoms with van der Waals surface area (Å²) < 4.78 is 40.8. The molecule has 2 aromatic rings. The normalized spacial score (nSPS) is 12.2. The van der Waals surface area contributed by atoms with E-state index in [0.717, 1.165) is 0 Å². The highest BCUT2D eigenvalue weighted by molar-refractivity contribution is 5.72. The molecule has 0 spiro atoms. The Kier molecular flexibility index (Phi) is 2.06. The van der Waals surface area contributed by atoms with Crippen molar-refractivity contribution < 1.29 is 17.6 Å². The number of alkyl halides is 3. The van der Waals surface area contributed by atoms with Crippen molar-refractivity contribution >= 4 is 11.1 Å². The number of hydrogen-bond acceptors (Lipinski definition) is 2. The van der Waals surface area contributed by atoms with Crippen LogP contribution >= 0.6 is 0 Å². The maximum absolute atomic E-state index is 12.0. The van der Waals surface area contributed by atoms with Gasteiger partial charge < -0.3 is 4.42 Å². The maximum Gasteiger partial charge on any atom is 0.417 e. The number of benzene rings is 1. The predicted molar refractivity (Wildman–Crippen MR) is 46.6 cm³/mol. The summed E-state index contributed by atoms with van der Waals surface area (Å²) in [6.07, 6.45) is -5.29. The van der Waals surface area contributed by atoms with Crippen LogP contribution in [0.1, 0.15) is 5.56 Å². The van der Waals surface area contributed by atoms with Crippen molar-refractivity contribution in [1.29, 1.82) is 0 Å². The Hall–Kier alpha value is -1.72. The number of aromatic amines is 1. The van der Waals surface area contributed by atoms with Gasteiger partial charge >= 0.3 is 11.9 Å². The zero-order chi connectivity index (χ0) is 11.1. The highest BCUT2D eigenvalue weighted by Gasteiger charge is 2.27. The molecule has 0 amide bonds. The van der Waals surface area contributed by atoms with Gasteiger partial charge in [0.2, 0.25) is 0 Å². The lowest BCUT2D eigenvalue weighted by atomic mass is 10.1.